The molecule has 2 aromatic heterocycles. The number of nitrogens with one attached hydrogen (secondary N) is 2. The molecule has 9 heteroatoms. The van der Waals surface area contributed by atoms with Crippen LogP contribution in [0.4, 0.5) is 5.95 Å². The average molecular weight is 377 g/mol. The van der Waals surface area contributed by atoms with E-state index in [9.17, 15) is 9.90 Å². The lowest BCUT2D eigenvalue weighted by Gasteiger charge is -1.97. The second-order valence-electron chi connectivity index (χ2n) is 6.03. The number of carbonyl (C=O) groups excluding carboxylic acids is 1. The van der Waals surface area contributed by atoms with Crippen molar-refractivity contribution in [3.8, 4) is 5.75 Å². The molecular formula is C19H19N7O2. The summed E-state index contributed by atoms with van der Waals surface area (Å²) in [4.78, 5) is 18.4. The van der Waals surface area contributed by atoms with Crippen molar-refractivity contribution < 1.29 is 9.90 Å². The number of fused-ring (bicyclic) bond motifs is 3. The monoisotopic (exact) mass is 377 g/mol. The Morgan fingerprint density at radius 3 is 2.54 bits per heavy atom. The van der Waals surface area contributed by atoms with Gasteiger partial charge in [0.25, 0.3) is 5.95 Å². The maximum Gasteiger partial charge on any atom is 0.265 e. The second kappa shape index (κ2) is 8.58. The molecule has 0 fully saturated rings. The van der Waals surface area contributed by atoms with Crippen molar-refractivity contribution in [2.45, 2.75) is 0 Å². The van der Waals surface area contributed by atoms with Crippen LogP contribution in [0.3, 0.4) is 0 Å². The highest BCUT2D eigenvalue weighted by atomic mass is 16.3. The molecule has 0 spiro atoms. The van der Waals surface area contributed by atoms with Gasteiger partial charge in [0.1, 0.15) is 11.3 Å². The van der Waals surface area contributed by atoms with Crippen LogP contribution in [0.5, 0.6) is 5.75 Å². The summed E-state index contributed by atoms with van der Waals surface area (Å²) >= 11 is 0. The van der Waals surface area contributed by atoms with E-state index in [4.69, 9.17) is 0 Å². The van der Waals surface area contributed by atoms with Gasteiger partial charge in [-0.2, -0.15) is 10.1 Å². The lowest BCUT2D eigenvalue weighted by atomic mass is 10.2. The summed E-state index contributed by atoms with van der Waals surface area (Å²) < 4.78 is 0. The quantitative estimate of drug-likeness (QED) is 0.285. The highest BCUT2D eigenvalue weighted by Crippen LogP contribution is 2.21. The molecule has 2 aromatic carbocycles. The Morgan fingerprint density at radius 1 is 1.11 bits per heavy atom. The number of phenols is 1. The Labute approximate surface area is 160 Å². The van der Waals surface area contributed by atoms with Crippen molar-refractivity contribution in [1.29, 1.82) is 0 Å². The molecule has 9 nitrogen and oxygen atoms in total. The molecule has 0 bridgehead atoms. The molecule has 3 N–H and O–H groups in total. The zero-order valence-corrected chi connectivity index (χ0v) is 15.4. The molecule has 0 radical (unpaired) electrons. The van der Waals surface area contributed by atoms with Crippen molar-refractivity contribution in [3.63, 3.8) is 0 Å². The highest BCUT2D eigenvalue weighted by molar-refractivity contribution is 6.03. The molecule has 0 aliphatic carbocycles. The predicted octanol–water partition coefficient (Wildman–Crippen LogP) is 2.36. The smallest absolute Gasteiger partial charge is 0.265 e. The van der Waals surface area contributed by atoms with Crippen LogP contribution in [0.15, 0.2) is 53.6 Å². The normalized spacial score (nSPS) is 10.6. The fourth-order valence-corrected chi connectivity index (χ4v) is 2.29. The van der Waals surface area contributed by atoms with Crippen LogP contribution < -0.4 is 5.43 Å². The molecule has 0 saturated carbocycles. The third-order valence-corrected chi connectivity index (χ3v) is 3.60. The molecule has 4 aromatic rings. The van der Waals surface area contributed by atoms with Crippen LogP contribution in [-0.2, 0) is 4.79 Å². The number of aromatic amines is 1. The van der Waals surface area contributed by atoms with Crippen LogP contribution in [-0.4, -0.2) is 56.9 Å². The Kier molecular flexibility index (Phi) is 5.75. The summed E-state index contributed by atoms with van der Waals surface area (Å²) in [5.74, 6) is 0.519. The molecule has 0 aliphatic heterocycles. The first-order chi connectivity index (χ1) is 13.6. The Morgan fingerprint density at radius 2 is 1.82 bits per heavy atom. The first kappa shape index (κ1) is 18.8. The van der Waals surface area contributed by atoms with Gasteiger partial charge < -0.3 is 15.0 Å². The number of carbonyl (C=O) groups is 1. The van der Waals surface area contributed by atoms with Gasteiger partial charge in [-0.25, -0.2) is 5.43 Å². The predicted molar refractivity (Wildman–Crippen MR) is 108 cm³/mol. The largest absolute Gasteiger partial charge is 0.508 e. The number of hydrogen-bond donors (Lipinski definition) is 3. The summed E-state index contributed by atoms with van der Waals surface area (Å²) in [5, 5.41) is 22.5. The molecule has 28 heavy (non-hydrogen) atoms. The van der Waals surface area contributed by atoms with Gasteiger partial charge in [0.15, 0.2) is 5.65 Å². The standard InChI is InChI=1S/C16H12N6O.C3H7NO/c23-11-7-5-10(6-8-11)9-17-21-16-19-15-14(20-22-16)12-3-1-2-4-13(12)18-15;1-4(2)3-5/h1-9,23H,(H2,18,19,21,22);3H,1-2H3/b17-9+;. The van der Waals surface area contributed by atoms with Gasteiger partial charge in [0.05, 0.1) is 6.21 Å². The van der Waals surface area contributed by atoms with Crippen LogP contribution in [0.25, 0.3) is 22.1 Å². The molecular weight excluding hydrogens is 358 g/mol. The maximum absolute atomic E-state index is 9.43. The van der Waals surface area contributed by atoms with Crippen molar-refractivity contribution in [2.75, 3.05) is 19.5 Å². The van der Waals surface area contributed by atoms with E-state index in [0.717, 1.165) is 28.4 Å². The van der Waals surface area contributed by atoms with E-state index >= 15 is 0 Å². The van der Waals surface area contributed by atoms with Crippen LogP contribution in [0, 0.1) is 0 Å². The van der Waals surface area contributed by atoms with E-state index in [1.165, 1.54) is 4.90 Å². The third-order valence-electron chi connectivity index (χ3n) is 3.60. The van der Waals surface area contributed by atoms with E-state index in [2.05, 4.69) is 30.7 Å². The second-order valence-corrected chi connectivity index (χ2v) is 6.03. The third kappa shape index (κ3) is 4.58. The van der Waals surface area contributed by atoms with Crippen LogP contribution in [0.1, 0.15) is 5.56 Å². The molecule has 0 saturated heterocycles. The number of aromatic hydroxyl groups is 1. The fraction of sp³-hybridized carbons (Fsp3) is 0.105. The molecule has 0 atom stereocenters. The molecule has 0 aliphatic rings. The molecule has 4 rings (SSSR count). The number of phenolic OH excluding ortho intramolecular Hbond substituents is 1. The summed E-state index contributed by atoms with van der Waals surface area (Å²) in [5.41, 5.74) is 5.94. The summed E-state index contributed by atoms with van der Waals surface area (Å²) in [6.07, 6.45) is 2.36. The SMILES string of the molecule is CN(C)C=O.Oc1ccc(/C=N/Nc2nnc3c(n2)[nH]c2ccccc23)cc1. The van der Waals surface area contributed by atoms with E-state index in [1.54, 1.807) is 44.6 Å². The first-order valence-corrected chi connectivity index (χ1v) is 8.38. The van der Waals surface area contributed by atoms with Crippen molar-refractivity contribution in [1.82, 2.24) is 25.1 Å². The van der Waals surface area contributed by atoms with Crippen LogP contribution >= 0.6 is 0 Å². The number of amides is 1. The lowest BCUT2D eigenvalue weighted by molar-refractivity contribution is -0.115. The number of hydrazone groups is 1. The number of aromatic nitrogens is 4. The highest BCUT2D eigenvalue weighted by Gasteiger charge is 2.07. The zero-order valence-electron chi connectivity index (χ0n) is 15.4. The number of nitrogens with zero attached hydrogens (tertiary/aromatic N) is 5. The lowest BCUT2D eigenvalue weighted by Crippen LogP contribution is -2.06. The number of rotatable bonds is 4. The van der Waals surface area contributed by atoms with E-state index in [-0.39, 0.29) is 5.75 Å². The molecule has 2 heterocycles. The minimum Gasteiger partial charge on any atom is -0.508 e. The van der Waals surface area contributed by atoms with Gasteiger partial charge in [0.2, 0.25) is 6.41 Å². The first-order valence-electron chi connectivity index (χ1n) is 8.38. The Balaban J connectivity index is 0.000000403. The minimum absolute atomic E-state index is 0.215. The number of hydrogen-bond acceptors (Lipinski definition) is 7. The Hall–Kier alpha value is -4.01. The maximum atomic E-state index is 9.43. The van der Waals surface area contributed by atoms with Gasteiger partial charge in [-0.1, -0.05) is 18.2 Å². The number of benzene rings is 2. The van der Waals surface area contributed by atoms with Crippen molar-refractivity contribution in [3.05, 3.63) is 54.1 Å². The van der Waals surface area contributed by atoms with Crippen molar-refractivity contribution in [2.24, 2.45) is 5.10 Å². The summed E-state index contributed by atoms with van der Waals surface area (Å²) in [6, 6.07) is 14.5. The van der Waals surface area contributed by atoms with Gasteiger partial charge in [-0.05, 0) is 35.9 Å². The van der Waals surface area contributed by atoms with Gasteiger partial charge >= 0.3 is 0 Å². The zero-order chi connectivity index (χ0) is 19.9. The average Bonchev–Trinajstić information content (AvgIpc) is 3.08. The summed E-state index contributed by atoms with van der Waals surface area (Å²) in [7, 11) is 3.38. The molecule has 1 amide bonds. The van der Waals surface area contributed by atoms with Crippen molar-refractivity contribution >= 4 is 40.6 Å². The number of anilines is 1. The fourth-order valence-electron chi connectivity index (χ4n) is 2.29. The van der Waals surface area contributed by atoms with Gasteiger partial charge in [0, 0.05) is 25.0 Å². The molecule has 0 unspecified atom stereocenters. The molecule has 142 valence electrons. The van der Waals surface area contributed by atoms with Gasteiger partial charge in [-0.15, -0.1) is 10.2 Å². The topological polar surface area (TPSA) is 119 Å². The van der Waals surface area contributed by atoms with Crippen LogP contribution in [0.2, 0.25) is 0 Å². The minimum atomic E-state index is 0.215. The Bertz CT molecular complexity index is 1100. The van der Waals surface area contributed by atoms with E-state index in [0.29, 0.717) is 11.6 Å². The van der Waals surface area contributed by atoms with Gasteiger partial charge in [-0.3, -0.25) is 4.79 Å². The number of para-hydroxylation sites is 1. The van der Waals surface area contributed by atoms with E-state index < -0.39 is 0 Å². The number of H-pyrrole nitrogens is 1. The van der Waals surface area contributed by atoms with E-state index in [1.807, 2.05) is 24.3 Å². The summed E-state index contributed by atoms with van der Waals surface area (Å²) in [6.45, 7) is 0.